The van der Waals surface area contributed by atoms with Gasteiger partial charge in [-0.25, -0.2) is 4.79 Å². The molecule has 0 bridgehead atoms. The number of para-hydroxylation sites is 1. The highest BCUT2D eigenvalue weighted by Crippen LogP contribution is 2.47. The maximum Gasteiger partial charge on any atom is 0.336 e. The minimum atomic E-state index is -0.628. The predicted molar refractivity (Wildman–Crippen MR) is 134 cm³/mol. The number of benzene rings is 2. The van der Waals surface area contributed by atoms with Crippen LogP contribution in [0, 0.1) is 0 Å². The Labute approximate surface area is 210 Å². The van der Waals surface area contributed by atoms with E-state index in [1.807, 2.05) is 37.3 Å². The number of phenols is 1. The van der Waals surface area contributed by atoms with Gasteiger partial charge >= 0.3 is 5.97 Å². The van der Waals surface area contributed by atoms with Crippen LogP contribution in [0.2, 0.25) is 0 Å². The number of nitrogens with one attached hydrogen (secondary N) is 1. The first-order chi connectivity index (χ1) is 17.5. The van der Waals surface area contributed by atoms with Crippen molar-refractivity contribution in [3.63, 3.8) is 0 Å². The lowest BCUT2D eigenvalue weighted by atomic mass is 9.71. The predicted octanol–water partition coefficient (Wildman–Crippen LogP) is 4.48. The Kier molecular flexibility index (Phi) is 6.83. The van der Waals surface area contributed by atoms with E-state index < -0.39 is 11.9 Å². The quantitative estimate of drug-likeness (QED) is 0.578. The summed E-state index contributed by atoms with van der Waals surface area (Å²) in [6, 6.07) is 14.5. The molecule has 0 spiro atoms. The zero-order valence-electron chi connectivity index (χ0n) is 20.6. The average Bonchev–Trinajstić information content (AvgIpc) is 3.40. The number of ether oxygens (including phenoxy) is 3. The van der Waals surface area contributed by atoms with Gasteiger partial charge in [0, 0.05) is 41.8 Å². The van der Waals surface area contributed by atoms with Crippen LogP contribution in [0.1, 0.15) is 55.6 Å². The van der Waals surface area contributed by atoms with Crippen LogP contribution in [-0.4, -0.2) is 43.3 Å². The van der Waals surface area contributed by atoms with Crippen LogP contribution in [0.4, 0.5) is 0 Å². The molecule has 1 unspecified atom stereocenters. The van der Waals surface area contributed by atoms with Gasteiger partial charge in [-0.2, -0.15) is 0 Å². The number of hydrogen-bond donors (Lipinski definition) is 2. The topological polar surface area (TPSA) is 94.1 Å². The normalized spacial score (nSPS) is 23.8. The molecule has 5 rings (SSSR count). The first-order valence-electron chi connectivity index (χ1n) is 12.4. The largest absolute Gasteiger partial charge is 0.508 e. The number of dihydropyridines is 1. The second-order valence-electron chi connectivity index (χ2n) is 9.59. The van der Waals surface area contributed by atoms with Crippen LogP contribution in [0.5, 0.6) is 11.5 Å². The lowest BCUT2D eigenvalue weighted by molar-refractivity contribution is -0.142. The summed E-state index contributed by atoms with van der Waals surface area (Å²) >= 11 is 0. The standard InChI is InChI=1S/C29H31NO6/c1-17-26(29(33)36-16-21-9-6-12-35-21)27(18-7-5-8-20(31)13-18)28-23(30-17)14-19(15-24(28)32)22-10-3-4-11-25(22)34-2/h3-5,7-8,10-11,13,19,21,27,30-31H,6,9,12,14-16H2,1-2H3/t19-,21?,27-/m1/s1. The van der Waals surface area contributed by atoms with Crippen molar-refractivity contribution in [1.82, 2.24) is 5.32 Å². The molecule has 0 saturated carbocycles. The van der Waals surface area contributed by atoms with Crippen LogP contribution in [0.15, 0.2) is 71.1 Å². The maximum absolute atomic E-state index is 13.7. The molecular formula is C29H31NO6. The summed E-state index contributed by atoms with van der Waals surface area (Å²) in [6.45, 7) is 2.69. The fourth-order valence-corrected chi connectivity index (χ4v) is 5.59. The summed E-state index contributed by atoms with van der Waals surface area (Å²) in [4.78, 5) is 27.1. The van der Waals surface area contributed by atoms with Crippen LogP contribution < -0.4 is 10.1 Å². The minimum absolute atomic E-state index is 0.0371. The van der Waals surface area contributed by atoms with E-state index in [1.54, 1.807) is 25.3 Å². The number of methoxy groups -OCH3 is 1. The van der Waals surface area contributed by atoms with Crippen LogP contribution in [-0.2, 0) is 19.1 Å². The van der Waals surface area contributed by atoms with Gasteiger partial charge in [-0.1, -0.05) is 30.3 Å². The second kappa shape index (κ2) is 10.2. The van der Waals surface area contributed by atoms with Crippen molar-refractivity contribution in [3.8, 4) is 11.5 Å². The molecule has 2 aromatic carbocycles. The number of phenolic OH excluding ortho intramolecular Hbond substituents is 1. The Balaban J connectivity index is 1.51. The summed E-state index contributed by atoms with van der Waals surface area (Å²) in [6.07, 6.45) is 2.62. The number of Topliss-reactive ketones (excluding diaryl/α,β-unsaturated/α-hetero) is 1. The van der Waals surface area contributed by atoms with Gasteiger partial charge < -0.3 is 24.6 Å². The second-order valence-corrected chi connectivity index (χ2v) is 9.59. The zero-order chi connectivity index (χ0) is 25.2. The van der Waals surface area contributed by atoms with Gasteiger partial charge in [-0.05, 0) is 55.5 Å². The van der Waals surface area contributed by atoms with E-state index in [4.69, 9.17) is 14.2 Å². The van der Waals surface area contributed by atoms with Crippen molar-refractivity contribution in [2.45, 2.75) is 50.5 Å². The van der Waals surface area contributed by atoms with Crippen molar-refractivity contribution in [2.24, 2.45) is 0 Å². The third kappa shape index (κ3) is 4.63. The summed E-state index contributed by atoms with van der Waals surface area (Å²) in [7, 11) is 1.63. The van der Waals surface area contributed by atoms with Crippen LogP contribution >= 0.6 is 0 Å². The van der Waals surface area contributed by atoms with E-state index in [1.165, 1.54) is 0 Å². The Morgan fingerprint density at radius 2 is 2.00 bits per heavy atom. The number of hydrogen-bond acceptors (Lipinski definition) is 7. The SMILES string of the molecule is COc1ccccc1[C@H]1CC(=O)C2=C(C1)NC(C)=C(C(=O)OCC1CCCO1)[C@H]2c1cccc(O)c1. The lowest BCUT2D eigenvalue weighted by Crippen LogP contribution is -2.36. The summed E-state index contributed by atoms with van der Waals surface area (Å²) in [5, 5.41) is 13.6. The van der Waals surface area contributed by atoms with Crippen molar-refractivity contribution >= 4 is 11.8 Å². The molecule has 1 aliphatic carbocycles. The van der Waals surface area contributed by atoms with E-state index >= 15 is 0 Å². The molecule has 188 valence electrons. The van der Waals surface area contributed by atoms with E-state index in [0.29, 0.717) is 41.9 Å². The summed E-state index contributed by atoms with van der Waals surface area (Å²) in [5.74, 6) is -0.361. The molecule has 0 aromatic heterocycles. The molecule has 0 amide bonds. The van der Waals surface area contributed by atoms with Crippen molar-refractivity contribution < 1.29 is 28.9 Å². The number of carbonyl (C=O) groups is 2. The van der Waals surface area contributed by atoms with Crippen molar-refractivity contribution in [2.75, 3.05) is 20.3 Å². The molecule has 3 aliphatic rings. The third-order valence-corrected chi connectivity index (χ3v) is 7.25. The van der Waals surface area contributed by atoms with Gasteiger partial charge in [-0.15, -0.1) is 0 Å². The minimum Gasteiger partial charge on any atom is -0.508 e. The third-order valence-electron chi connectivity index (χ3n) is 7.25. The number of rotatable bonds is 6. The molecule has 7 nitrogen and oxygen atoms in total. The van der Waals surface area contributed by atoms with Crippen molar-refractivity contribution in [1.29, 1.82) is 0 Å². The van der Waals surface area contributed by atoms with E-state index in [-0.39, 0.29) is 30.2 Å². The molecule has 2 N–H and O–H groups in total. The van der Waals surface area contributed by atoms with Gasteiger partial charge in [0.1, 0.15) is 18.1 Å². The van der Waals surface area contributed by atoms with Gasteiger partial charge in [0.15, 0.2) is 5.78 Å². The van der Waals surface area contributed by atoms with E-state index in [2.05, 4.69) is 5.32 Å². The number of carbonyl (C=O) groups excluding carboxylic acids is 2. The number of allylic oxidation sites excluding steroid dienone is 3. The van der Waals surface area contributed by atoms with Gasteiger partial charge in [0.05, 0.1) is 18.8 Å². The molecule has 7 heteroatoms. The first kappa shape index (κ1) is 24.1. The Morgan fingerprint density at radius 1 is 1.17 bits per heavy atom. The average molecular weight is 490 g/mol. The van der Waals surface area contributed by atoms with Crippen LogP contribution in [0.25, 0.3) is 0 Å². The van der Waals surface area contributed by atoms with E-state index in [9.17, 15) is 14.7 Å². The van der Waals surface area contributed by atoms with Crippen LogP contribution in [0.3, 0.4) is 0 Å². The van der Waals surface area contributed by atoms with Gasteiger partial charge in [0.25, 0.3) is 0 Å². The number of esters is 1. The molecule has 3 atom stereocenters. The monoisotopic (exact) mass is 489 g/mol. The van der Waals surface area contributed by atoms with Crippen molar-refractivity contribution in [3.05, 3.63) is 82.2 Å². The number of aromatic hydroxyl groups is 1. The fourth-order valence-electron chi connectivity index (χ4n) is 5.59. The summed E-state index contributed by atoms with van der Waals surface area (Å²) in [5.41, 5.74) is 4.05. The Morgan fingerprint density at radius 3 is 2.75 bits per heavy atom. The lowest BCUT2D eigenvalue weighted by Gasteiger charge is -2.37. The Bertz CT molecular complexity index is 1240. The Hall–Kier alpha value is -3.58. The molecule has 1 saturated heterocycles. The summed E-state index contributed by atoms with van der Waals surface area (Å²) < 4.78 is 16.8. The smallest absolute Gasteiger partial charge is 0.336 e. The van der Waals surface area contributed by atoms with Gasteiger partial charge in [0.2, 0.25) is 0 Å². The molecule has 2 aliphatic heterocycles. The molecule has 2 heterocycles. The molecule has 1 fully saturated rings. The fraction of sp³-hybridized carbons (Fsp3) is 0.379. The molecular weight excluding hydrogens is 458 g/mol. The molecule has 2 aromatic rings. The number of ketones is 1. The first-order valence-corrected chi connectivity index (χ1v) is 12.4. The highest BCUT2D eigenvalue weighted by Gasteiger charge is 2.42. The van der Waals surface area contributed by atoms with Gasteiger partial charge in [-0.3, -0.25) is 4.79 Å². The molecule has 36 heavy (non-hydrogen) atoms. The zero-order valence-corrected chi connectivity index (χ0v) is 20.6. The van der Waals surface area contributed by atoms with E-state index in [0.717, 1.165) is 29.9 Å². The highest BCUT2D eigenvalue weighted by molar-refractivity contribution is 6.04. The molecule has 0 radical (unpaired) electrons. The maximum atomic E-state index is 13.7. The highest BCUT2D eigenvalue weighted by atomic mass is 16.6.